The molecule has 0 saturated heterocycles. The summed E-state index contributed by atoms with van der Waals surface area (Å²) >= 11 is 0. The van der Waals surface area contributed by atoms with Crippen molar-refractivity contribution in [1.29, 1.82) is 0 Å². The fourth-order valence-electron chi connectivity index (χ4n) is 1.75. The van der Waals surface area contributed by atoms with Gasteiger partial charge in [-0.15, -0.1) is 0 Å². The summed E-state index contributed by atoms with van der Waals surface area (Å²) in [6.45, 7) is 2.87. The second-order valence-corrected chi connectivity index (χ2v) is 4.63. The first-order valence-corrected chi connectivity index (χ1v) is 6.11. The lowest BCUT2D eigenvalue weighted by Gasteiger charge is -2.19. The maximum atomic E-state index is 9.28. The Labute approximate surface area is 102 Å². The molecular weight excluding hydrogens is 216 g/mol. The predicted molar refractivity (Wildman–Crippen MR) is 69.3 cm³/mol. The highest BCUT2D eigenvalue weighted by Gasteiger charge is 2.42. The van der Waals surface area contributed by atoms with Crippen LogP contribution >= 0.6 is 0 Å². The Morgan fingerprint density at radius 1 is 1.47 bits per heavy atom. The Balaban J connectivity index is 2.11. The van der Waals surface area contributed by atoms with Gasteiger partial charge < -0.3 is 20.9 Å². The first-order valence-electron chi connectivity index (χ1n) is 6.11. The molecule has 0 amide bonds. The van der Waals surface area contributed by atoms with E-state index in [4.69, 9.17) is 10.5 Å². The van der Waals surface area contributed by atoms with Gasteiger partial charge in [-0.25, -0.2) is 0 Å². The number of hydrogen-bond acceptors (Lipinski definition) is 4. The summed E-state index contributed by atoms with van der Waals surface area (Å²) in [6, 6.07) is 5.70. The molecule has 0 aliphatic heterocycles. The molecule has 0 heterocycles. The summed E-state index contributed by atoms with van der Waals surface area (Å²) < 4.78 is 5.57. The summed E-state index contributed by atoms with van der Waals surface area (Å²) in [4.78, 5) is 0. The number of para-hydroxylation sites is 1. The van der Waals surface area contributed by atoms with Crippen LogP contribution in [0.2, 0.25) is 0 Å². The average Bonchev–Trinajstić information content (AvgIpc) is 3.11. The van der Waals surface area contributed by atoms with Crippen molar-refractivity contribution >= 4 is 11.4 Å². The highest BCUT2D eigenvalue weighted by atomic mass is 16.5. The monoisotopic (exact) mass is 236 g/mol. The van der Waals surface area contributed by atoms with Gasteiger partial charge in [0.1, 0.15) is 5.75 Å². The Hall–Kier alpha value is -1.42. The van der Waals surface area contributed by atoms with Crippen molar-refractivity contribution in [2.45, 2.75) is 31.7 Å². The van der Waals surface area contributed by atoms with Crippen LogP contribution in [0.5, 0.6) is 5.75 Å². The van der Waals surface area contributed by atoms with Gasteiger partial charge in [-0.3, -0.25) is 0 Å². The van der Waals surface area contributed by atoms with Crippen molar-refractivity contribution in [3.8, 4) is 5.75 Å². The molecule has 0 aromatic heterocycles. The third-order valence-electron chi connectivity index (χ3n) is 3.08. The van der Waals surface area contributed by atoms with Crippen molar-refractivity contribution in [3.05, 3.63) is 18.2 Å². The van der Waals surface area contributed by atoms with E-state index in [0.717, 1.165) is 24.9 Å². The fraction of sp³-hybridized carbons (Fsp3) is 0.538. The molecule has 1 fully saturated rings. The van der Waals surface area contributed by atoms with Crippen LogP contribution in [0.1, 0.15) is 26.2 Å². The lowest BCUT2D eigenvalue weighted by atomic mass is 10.2. The number of anilines is 2. The van der Waals surface area contributed by atoms with Crippen molar-refractivity contribution in [3.63, 3.8) is 0 Å². The van der Waals surface area contributed by atoms with Crippen molar-refractivity contribution in [2.75, 3.05) is 24.3 Å². The van der Waals surface area contributed by atoms with E-state index >= 15 is 0 Å². The number of aliphatic hydroxyl groups is 1. The van der Waals surface area contributed by atoms with Crippen molar-refractivity contribution < 1.29 is 9.84 Å². The van der Waals surface area contributed by atoms with E-state index in [1.807, 2.05) is 18.2 Å². The number of benzene rings is 1. The molecule has 0 bridgehead atoms. The zero-order chi connectivity index (χ0) is 12.3. The minimum atomic E-state index is -0.155. The molecule has 0 spiro atoms. The highest BCUT2D eigenvalue weighted by Crippen LogP contribution is 2.41. The van der Waals surface area contributed by atoms with Gasteiger partial charge in [-0.1, -0.05) is 13.0 Å². The predicted octanol–water partition coefficient (Wildman–Crippen LogP) is 1.99. The Bertz CT molecular complexity index is 389. The topological polar surface area (TPSA) is 67.5 Å². The average molecular weight is 236 g/mol. The highest BCUT2D eigenvalue weighted by molar-refractivity contribution is 5.74. The van der Waals surface area contributed by atoms with Gasteiger partial charge in [0.05, 0.1) is 30.1 Å². The summed E-state index contributed by atoms with van der Waals surface area (Å²) in [6.07, 6.45) is 2.93. The van der Waals surface area contributed by atoms with Gasteiger partial charge in [0.25, 0.3) is 0 Å². The maximum Gasteiger partial charge on any atom is 0.144 e. The van der Waals surface area contributed by atoms with Crippen molar-refractivity contribution in [2.24, 2.45) is 0 Å². The molecule has 17 heavy (non-hydrogen) atoms. The molecule has 4 nitrogen and oxygen atoms in total. The van der Waals surface area contributed by atoms with E-state index in [2.05, 4.69) is 12.2 Å². The second kappa shape index (κ2) is 4.84. The molecule has 1 aromatic rings. The smallest absolute Gasteiger partial charge is 0.144 e. The van der Waals surface area contributed by atoms with Crippen LogP contribution < -0.4 is 15.8 Å². The van der Waals surface area contributed by atoms with E-state index < -0.39 is 0 Å². The standard InChI is InChI=1S/C13H20N2O2/c1-2-8-17-11-5-3-4-10(12(11)14)15-13(9-16)6-7-13/h3-5,15-16H,2,6-9,14H2,1H3. The van der Waals surface area contributed by atoms with E-state index in [-0.39, 0.29) is 12.1 Å². The Kier molecular flexibility index (Phi) is 3.43. The number of rotatable bonds is 6. The molecule has 94 valence electrons. The Morgan fingerprint density at radius 3 is 2.82 bits per heavy atom. The molecule has 1 saturated carbocycles. The van der Waals surface area contributed by atoms with E-state index in [9.17, 15) is 5.11 Å². The van der Waals surface area contributed by atoms with Crippen LogP contribution in [-0.2, 0) is 0 Å². The van der Waals surface area contributed by atoms with Gasteiger partial charge in [-0.05, 0) is 31.4 Å². The first-order chi connectivity index (χ1) is 8.21. The lowest BCUT2D eigenvalue weighted by molar-refractivity contribution is 0.266. The van der Waals surface area contributed by atoms with E-state index in [0.29, 0.717) is 18.0 Å². The number of nitrogens with two attached hydrogens (primary N) is 1. The number of nitrogen functional groups attached to an aromatic ring is 1. The van der Waals surface area contributed by atoms with Crippen LogP contribution in [0.15, 0.2) is 18.2 Å². The number of nitrogens with one attached hydrogen (secondary N) is 1. The van der Waals surface area contributed by atoms with Crippen molar-refractivity contribution in [1.82, 2.24) is 0 Å². The van der Waals surface area contributed by atoms with E-state index in [1.54, 1.807) is 0 Å². The third kappa shape index (κ3) is 2.64. The minimum absolute atomic E-state index is 0.145. The van der Waals surface area contributed by atoms with Gasteiger partial charge >= 0.3 is 0 Å². The molecule has 1 aliphatic carbocycles. The largest absolute Gasteiger partial charge is 0.491 e. The molecule has 0 unspecified atom stereocenters. The summed E-state index contributed by atoms with van der Waals surface area (Å²) in [7, 11) is 0. The number of aliphatic hydroxyl groups excluding tert-OH is 1. The van der Waals surface area contributed by atoms with Crippen LogP contribution in [0.25, 0.3) is 0 Å². The zero-order valence-corrected chi connectivity index (χ0v) is 10.2. The fourth-order valence-corrected chi connectivity index (χ4v) is 1.75. The summed E-state index contributed by atoms with van der Waals surface area (Å²) in [5.41, 5.74) is 7.37. The van der Waals surface area contributed by atoms with E-state index in [1.165, 1.54) is 0 Å². The number of hydrogen-bond donors (Lipinski definition) is 3. The van der Waals surface area contributed by atoms with Gasteiger partial charge in [0.15, 0.2) is 0 Å². The van der Waals surface area contributed by atoms with Gasteiger partial charge in [0, 0.05) is 0 Å². The van der Waals surface area contributed by atoms with Crippen LogP contribution in [-0.4, -0.2) is 23.9 Å². The molecule has 4 heteroatoms. The van der Waals surface area contributed by atoms with Crippen LogP contribution in [0.4, 0.5) is 11.4 Å². The quantitative estimate of drug-likeness (QED) is 0.661. The second-order valence-electron chi connectivity index (χ2n) is 4.63. The first kappa shape index (κ1) is 12.0. The zero-order valence-electron chi connectivity index (χ0n) is 10.2. The summed E-state index contributed by atoms with van der Waals surface area (Å²) in [5, 5.41) is 12.6. The summed E-state index contributed by atoms with van der Waals surface area (Å²) in [5.74, 6) is 0.714. The van der Waals surface area contributed by atoms with Crippen LogP contribution in [0.3, 0.4) is 0 Å². The maximum absolute atomic E-state index is 9.28. The molecule has 1 aromatic carbocycles. The normalized spacial score (nSPS) is 16.6. The molecule has 1 aliphatic rings. The lowest BCUT2D eigenvalue weighted by Crippen LogP contribution is -2.26. The third-order valence-corrected chi connectivity index (χ3v) is 3.08. The molecule has 4 N–H and O–H groups in total. The minimum Gasteiger partial charge on any atom is -0.491 e. The van der Waals surface area contributed by atoms with Gasteiger partial charge in [0.2, 0.25) is 0 Å². The molecule has 0 atom stereocenters. The Morgan fingerprint density at radius 2 is 2.24 bits per heavy atom. The molecule has 0 radical (unpaired) electrons. The SMILES string of the molecule is CCCOc1cccc(NC2(CO)CC2)c1N. The number of ether oxygens (including phenoxy) is 1. The van der Waals surface area contributed by atoms with Gasteiger partial charge in [-0.2, -0.15) is 0 Å². The molecular formula is C13H20N2O2. The molecule has 2 rings (SSSR count). The van der Waals surface area contributed by atoms with Crippen LogP contribution in [0, 0.1) is 0 Å².